The monoisotopic (exact) mass is 366 g/mol. The highest BCUT2D eigenvalue weighted by atomic mass is 16.6. The molecule has 0 unspecified atom stereocenters. The smallest absolute Gasteiger partial charge is 0.198 e. The zero-order valence-corrected chi connectivity index (χ0v) is 15.1. The number of oxazole rings is 1. The van der Waals surface area contributed by atoms with Crippen molar-refractivity contribution >= 4 is 11.1 Å². The summed E-state index contributed by atoms with van der Waals surface area (Å²) in [7, 11) is 0. The quantitative estimate of drug-likeness (QED) is 0.763. The predicted octanol–water partition coefficient (Wildman–Crippen LogP) is 3.68. The summed E-state index contributed by atoms with van der Waals surface area (Å²) in [6.07, 6.45) is 2.00. The van der Waals surface area contributed by atoms with E-state index in [-0.39, 0.29) is 5.75 Å². The minimum Gasteiger partial charge on any atom is -0.507 e. The number of para-hydroxylation sites is 2. The number of aromatic nitrogens is 1. The minimum atomic E-state index is 0.264. The van der Waals surface area contributed by atoms with Crippen LogP contribution >= 0.6 is 0 Å². The summed E-state index contributed by atoms with van der Waals surface area (Å²) in [6.45, 7) is 3.65. The number of nitrogens with zero attached hydrogens (tertiary/aromatic N) is 2. The predicted molar refractivity (Wildman–Crippen MR) is 100 cm³/mol. The highest BCUT2D eigenvalue weighted by Crippen LogP contribution is 2.37. The number of rotatable bonds is 3. The molecule has 1 saturated heterocycles. The van der Waals surface area contributed by atoms with Gasteiger partial charge in [0.25, 0.3) is 0 Å². The molecule has 1 N–H and O–H groups in total. The highest BCUT2D eigenvalue weighted by Gasteiger charge is 2.25. The topological polar surface area (TPSA) is 68.0 Å². The number of likely N-dealkylation sites (tertiary alicyclic amines) is 1. The van der Waals surface area contributed by atoms with Crippen LogP contribution in [0.2, 0.25) is 0 Å². The normalized spacial score (nSPS) is 18.1. The molecule has 0 amide bonds. The van der Waals surface area contributed by atoms with Gasteiger partial charge in [-0.2, -0.15) is 0 Å². The Kier molecular flexibility index (Phi) is 4.13. The third kappa shape index (κ3) is 3.21. The number of benzene rings is 2. The van der Waals surface area contributed by atoms with Crippen LogP contribution in [0.5, 0.6) is 17.2 Å². The Labute approximate surface area is 157 Å². The van der Waals surface area contributed by atoms with Crippen LogP contribution in [-0.2, 0) is 6.54 Å². The van der Waals surface area contributed by atoms with Crippen LogP contribution in [-0.4, -0.2) is 41.3 Å². The average molecular weight is 366 g/mol. The molecule has 140 valence electrons. The molecule has 27 heavy (non-hydrogen) atoms. The molecule has 0 spiro atoms. The van der Waals surface area contributed by atoms with Gasteiger partial charge in [0.1, 0.15) is 24.5 Å². The Morgan fingerprint density at radius 2 is 1.78 bits per heavy atom. The van der Waals surface area contributed by atoms with E-state index in [1.165, 1.54) is 0 Å². The number of ether oxygens (including phenoxy) is 2. The minimum absolute atomic E-state index is 0.264. The molecule has 6 heteroatoms. The number of phenolic OH excluding ortho intramolecular Hbond substituents is 1. The van der Waals surface area contributed by atoms with Crippen molar-refractivity contribution in [2.45, 2.75) is 25.3 Å². The number of aromatic hydroxyl groups is 1. The molecule has 3 aromatic rings. The first-order valence-corrected chi connectivity index (χ1v) is 9.45. The van der Waals surface area contributed by atoms with E-state index in [0.717, 1.165) is 54.2 Å². The lowest BCUT2D eigenvalue weighted by atomic mass is 9.96. The molecule has 5 rings (SSSR count). The number of piperidine rings is 1. The third-order valence-corrected chi connectivity index (χ3v) is 5.38. The van der Waals surface area contributed by atoms with E-state index in [2.05, 4.69) is 9.88 Å². The molecule has 0 aliphatic carbocycles. The zero-order valence-electron chi connectivity index (χ0n) is 15.1. The van der Waals surface area contributed by atoms with Crippen molar-refractivity contribution < 1.29 is 19.0 Å². The van der Waals surface area contributed by atoms with E-state index in [4.69, 9.17) is 13.9 Å². The number of hydrogen-bond acceptors (Lipinski definition) is 6. The molecular weight excluding hydrogens is 344 g/mol. The average Bonchev–Trinajstić information content (AvgIpc) is 3.13. The standard InChI is InChI=1S/C21H22N2O4/c24-17-12-20-19(25-9-10-26-20)11-15(17)13-23-7-5-14(6-8-23)21-22-16-3-1-2-4-18(16)27-21/h1-4,11-12,14,24H,5-10,13H2. The van der Waals surface area contributed by atoms with Gasteiger partial charge in [0, 0.05) is 24.1 Å². The van der Waals surface area contributed by atoms with E-state index in [9.17, 15) is 5.11 Å². The fraction of sp³-hybridized carbons (Fsp3) is 0.381. The van der Waals surface area contributed by atoms with Crippen LogP contribution in [0, 0.1) is 0 Å². The van der Waals surface area contributed by atoms with E-state index in [1.807, 2.05) is 30.3 Å². The summed E-state index contributed by atoms with van der Waals surface area (Å²) in [5, 5.41) is 10.3. The molecule has 2 aliphatic heterocycles. The van der Waals surface area contributed by atoms with Crippen LogP contribution in [0.15, 0.2) is 40.8 Å². The van der Waals surface area contributed by atoms with Crippen molar-refractivity contribution in [3.8, 4) is 17.2 Å². The van der Waals surface area contributed by atoms with Crippen LogP contribution in [0.25, 0.3) is 11.1 Å². The Morgan fingerprint density at radius 1 is 1.04 bits per heavy atom. The van der Waals surface area contributed by atoms with E-state index in [1.54, 1.807) is 6.07 Å². The van der Waals surface area contributed by atoms with Crippen molar-refractivity contribution in [3.05, 3.63) is 47.9 Å². The largest absolute Gasteiger partial charge is 0.507 e. The second-order valence-corrected chi connectivity index (χ2v) is 7.19. The van der Waals surface area contributed by atoms with Crippen LogP contribution < -0.4 is 9.47 Å². The second-order valence-electron chi connectivity index (χ2n) is 7.19. The number of fused-ring (bicyclic) bond motifs is 2. The molecule has 1 aromatic heterocycles. The molecule has 1 fully saturated rings. The maximum atomic E-state index is 10.3. The lowest BCUT2D eigenvalue weighted by Gasteiger charge is -2.31. The molecule has 0 saturated carbocycles. The molecular formula is C21H22N2O4. The highest BCUT2D eigenvalue weighted by molar-refractivity contribution is 5.72. The van der Waals surface area contributed by atoms with Crippen molar-refractivity contribution in [1.82, 2.24) is 9.88 Å². The Balaban J connectivity index is 1.25. The van der Waals surface area contributed by atoms with Crippen molar-refractivity contribution in [3.63, 3.8) is 0 Å². The fourth-order valence-electron chi connectivity index (χ4n) is 3.89. The van der Waals surface area contributed by atoms with Crippen LogP contribution in [0.4, 0.5) is 0 Å². The fourth-order valence-corrected chi connectivity index (χ4v) is 3.89. The molecule has 2 aliphatic rings. The summed E-state index contributed by atoms with van der Waals surface area (Å²) in [4.78, 5) is 7.00. The van der Waals surface area contributed by atoms with Crippen molar-refractivity contribution in [1.29, 1.82) is 0 Å². The van der Waals surface area contributed by atoms with Crippen molar-refractivity contribution in [2.75, 3.05) is 26.3 Å². The van der Waals surface area contributed by atoms with Gasteiger partial charge in [0.15, 0.2) is 23.0 Å². The zero-order chi connectivity index (χ0) is 18.2. The van der Waals surface area contributed by atoms with E-state index < -0.39 is 0 Å². The number of hydrogen-bond donors (Lipinski definition) is 1. The Morgan fingerprint density at radius 3 is 2.56 bits per heavy atom. The molecule has 0 radical (unpaired) electrons. The first-order chi connectivity index (χ1) is 13.3. The number of phenols is 1. The lowest BCUT2D eigenvalue weighted by Crippen LogP contribution is -2.32. The summed E-state index contributed by atoms with van der Waals surface area (Å²) < 4.78 is 17.1. The molecule has 0 bridgehead atoms. The first-order valence-electron chi connectivity index (χ1n) is 9.45. The second kappa shape index (κ2) is 6.78. The molecule has 6 nitrogen and oxygen atoms in total. The van der Waals surface area contributed by atoms with Crippen LogP contribution in [0.1, 0.15) is 30.2 Å². The van der Waals surface area contributed by atoms with E-state index in [0.29, 0.717) is 31.4 Å². The molecule has 3 heterocycles. The molecule has 0 atom stereocenters. The SMILES string of the molecule is Oc1cc2c(cc1CN1CCC(c3nc4ccccc4o3)CC1)OCCO2. The van der Waals surface area contributed by atoms with Gasteiger partial charge in [-0.15, -0.1) is 0 Å². The van der Waals surface area contributed by atoms with Gasteiger partial charge in [-0.05, 0) is 44.1 Å². The van der Waals surface area contributed by atoms with Gasteiger partial charge in [-0.3, -0.25) is 4.90 Å². The summed E-state index contributed by atoms with van der Waals surface area (Å²) in [5.74, 6) is 2.80. The van der Waals surface area contributed by atoms with Gasteiger partial charge in [-0.25, -0.2) is 4.98 Å². The van der Waals surface area contributed by atoms with E-state index >= 15 is 0 Å². The summed E-state index contributed by atoms with van der Waals surface area (Å²) in [5.41, 5.74) is 2.66. The maximum absolute atomic E-state index is 10.3. The first kappa shape index (κ1) is 16.4. The maximum Gasteiger partial charge on any atom is 0.198 e. The Bertz CT molecular complexity index is 927. The summed E-state index contributed by atoms with van der Waals surface area (Å²) in [6, 6.07) is 11.5. The summed E-state index contributed by atoms with van der Waals surface area (Å²) >= 11 is 0. The van der Waals surface area contributed by atoms with Gasteiger partial charge in [0.2, 0.25) is 0 Å². The lowest BCUT2D eigenvalue weighted by molar-refractivity contribution is 0.168. The molecule has 2 aromatic carbocycles. The van der Waals surface area contributed by atoms with Gasteiger partial charge < -0.3 is 19.0 Å². The Hall–Kier alpha value is -2.73. The van der Waals surface area contributed by atoms with Gasteiger partial charge in [0.05, 0.1) is 0 Å². The third-order valence-electron chi connectivity index (χ3n) is 5.38. The van der Waals surface area contributed by atoms with Gasteiger partial charge >= 0.3 is 0 Å². The van der Waals surface area contributed by atoms with Gasteiger partial charge in [-0.1, -0.05) is 12.1 Å². The van der Waals surface area contributed by atoms with Crippen LogP contribution in [0.3, 0.4) is 0 Å². The van der Waals surface area contributed by atoms with Crippen molar-refractivity contribution in [2.24, 2.45) is 0 Å².